The molecule has 0 aromatic carbocycles. The van der Waals surface area contributed by atoms with E-state index in [0.29, 0.717) is 12.3 Å². The predicted molar refractivity (Wildman–Crippen MR) is 51.9 cm³/mol. The highest BCUT2D eigenvalue weighted by Crippen LogP contribution is 2.27. The van der Waals surface area contributed by atoms with Crippen LogP contribution < -0.4 is 5.32 Å². The summed E-state index contributed by atoms with van der Waals surface area (Å²) in [4.78, 5) is 11.2. The molecule has 0 aliphatic rings. The standard InChI is InChI=1S/C10H21NO/c1-6-11-9(12)7-8(2)10(3,4)5/h8H,6-7H2,1-5H3,(H,11,12). The molecule has 0 spiro atoms. The van der Waals surface area contributed by atoms with Gasteiger partial charge >= 0.3 is 0 Å². The van der Waals surface area contributed by atoms with Crippen LogP contribution in [0.3, 0.4) is 0 Å². The molecule has 2 nitrogen and oxygen atoms in total. The molecule has 1 amide bonds. The van der Waals surface area contributed by atoms with Crippen LogP contribution >= 0.6 is 0 Å². The van der Waals surface area contributed by atoms with Crippen LogP contribution in [0.25, 0.3) is 0 Å². The Kier molecular flexibility index (Phi) is 4.29. The molecule has 12 heavy (non-hydrogen) atoms. The van der Waals surface area contributed by atoms with E-state index in [4.69, 9.17) is 0 Å². The Balaban J connectivity index is 3.84. The van der Waals surface area contributed by atoms with Gasteiger partial charge in [0.15, 0.2) is 0 Å². The van der Waals surface area contributed by atoms with E-state index in [2.05, 4.69) is 33.0 Å². The first-order valence-corrected chi connectivity index (χ1v) is 4.64. The third kappa shape index (κ3) is 4.37. The minimum absolute atomic E-state index is 0.167. The minimum Gasteiger partial charge on any atom is -0.356 e. The lowest BCUT2D eigenvalue weighted by atomic mass is 9.80. The first-order valence-electron chi connectivity index (χ1n) is 4.64. The minimum atomic E-state index is 0.167. The normalized spacial score (nSPS) is 14.1. The summed E-state index contributed by atoms with van der Waals surface area (Å²) >= 11 is 0. The number of nitrogens with one attached hydrogen (secondary N) is 1. The van der Waals surface area contributed by atoms with E-state index in [1.165, 1.54) is 0 Å². The van der Waals surface area contributed by atoms with Crippen molar-refractivity contribution in [3.8, 4) is 0 Å². The van der Waals surface area contributed by atoms with Crippen LogP contribution in [0.4, 0.5) is 0 Å². The number of hydrogen-bond acceptors (Lipinski definition) is 1. The predicted octanol–water partition coefficient (Wildman–Crippen LogP) is 2.19. The molecule has 0 radical (unpaired) electrons. The Hall–Kier alpha value is -0.530. The van der Waals surface area contributed by atoms with Crippen LogP contribution in [-0.4, -0.2) is 12.5 Å². The maximum Gasteiger partial charge on any atom is 0.220 e. The molecule has 0 saturated carbocycles. The van der Waals surface area contributed by atoms with Gasteiger partial charge in [0.1, 0.15) is 0 Å². The van der Waals surface area contributed by atoms with E-state index in [0.717, 1.165) is 6.54 Å². The average Bonchev–Trinajstić information content (AvgIpc) is 1.85. The van der Waals surface area contributed by atoms with Crippen LogP contribution in [-0.2, 0) is 4.79 Å². The summed E-state index contributed by atoms with van der Waals surface area (Å²) in [5.41, 5.74) is 0.227. The average molecular weight is 171 g/mol. The van der Waals surface area contributed by atoms with E-state index in [-0.39, 0.29) is 11.3 Å². The molecule has 0 saturated heterocycles. The zero-order valence-electron chi connectivity index (χ0n) is 8.90. The zero-order valence-corrected chi connectivity index (χ0v) is 8.90. The quantitative estimate of drug-likeness (QED) is 0.693. The lowest BCUT2D eigenvalue weighted by Gasteiger charge is -2.26. The molecule has 0 aliphatic heterocycles. The van der Waals surface area contributed by atoms with Crippen molar-refractivity contribution >= 4 is 5.91 Å². The third-order valence-electron chi connectivity index (χ3n) is 2.34. The number of carbonyl (C=O) groups is 1. The van der Waals surface area contributed by atoms with Gasteiger partial charge in [0, 0.05) is 13.0 Å². The van der Waals surface area contributed by atoms with Gasteiger partial charge < -0.3 is 5.32 Å². The fourth-order valence-electron chi connectivity index (χ4n) is 0.854. The summed E-state index contributed by atoms with van der Waals surface area (Å²) in [5, 5.41) is 2.81. The fourth-order valence-corrected chi connectivity index (χ4v) is 0.854. The Morgan fingerprint density at radius 1 is 1.42 bits per heavy atom. The molecule has 72 valence electrons. The molecule has 1 unspecified atom stereocenters. The highest BCUT2D eigenvalue weighted by atomic mass is 16.1. The number of hydrogen-bond donors (Lipinski definition) is 1. The summed E-state index contributed by atoms with van der Waals surface area (Å²) < 4.78 is 0. The van der Waals surface area contributed by atoms with Crippen molar-refractivity contribution in [3.05, 3.63) is 0 Å². The maximum absolute atomic E-state index is 11.2. The van der Waals surface area contributed by atoms with Crippen molar-refractivity contribution in [2.75, 3.05) is 6.54 Å². The van der Waals surface area contributed by atoms with Crippen LogP contribution in [0.2, 0.25) is 0 Å². The Labute approximate surface area is 75.7 Å². The van der Waals surface area contributed by atoms with Crippen molar-refractivity contribution < 1.29 is 4.79 Å². The SMILES string of the molecule is CCNC(=O)CC(C)C(C)(C)C. The van der Waals surface area contributed by atoms with Gasteiger partial charge in [-0.1, -0.05) is 27.7 Å². The highest BCUT2D eigenvalue weighted by Gasteiger charge is 2.21. The molecule has 0 fully saturated rings. The van der Waals surface area contributed by atoms with Gasteiger partial charge in [-0.25, -0.2) is 0 Å². The zero-order chi connectivity index (χ0) is 9.78. The van der Waals surface area contributed by atoms with Crippen LogP contribution in [0.5, 0.6) is 0 Å². The van der Waals surface area contributed by atoms with E-state index in [1.54, 1.807) is 0 Å². The second-order valence-corrected chi connectivity index (χ2v) is 4.42. The van der Waals surface area contributed by atoms with Gasteiger partial charge in [0.2, 0.25) is 5.91 Å². The van der Waals surface area contributed by atoms with Crippen molar-refractivity contribution in [1.82, 2.24) is 5.32 Å². The Morgan fingerprint density at radius 2 is 1.92 bits per heavy atom. The molecule has 0 aromatic rings. The molecular weight excluding hydrogens is 150 g/mol. The van der Waals surface area contributed by atoms with Crippen molar-refractivity contribution in [2.45, 2.75) is 41.0 Å². The van der Waals surface area contributed by atoms with Gasteiger partial charge in [-0.3, -0.25) is 4.79 Å². The number of amides is 1. The van der Waals surface area contributed by atoms with Crippen molar-refractivity contribution in [3.63, 3.8) is 0 Å². The third-order valence-corrected chi connectivity index (χ3v) is 2.34. The number of carbonyl (C=O) groups excluding carboxylic acids is 1. The molecule has 1 N–H and O–H groups in total. The summed E-state index contributed by atoms with van der Waals surface area (Å²) in [5.74, 6) is 0.601. The Morgan fingerprint density at radius 3 is 2.25 bits per heavy atom. The first kappa shape index (κ1) is 11.5. The van der Waals surface area contributed by atoms with Crippen LogP contribution in [0.1, 0.15) is 41.0 Å². The molecule has 0 bridgehead atoms. The topological polar surface area (TPSA) is 29.1 Å². The van der Waals surface area contributed by atoms with Gasteiger partial charge in [-0.05, 0) is 18.3 Å². The second-order valence-electron chi connectivity index (χ2n) is 4.42. The summed E-state index contributed by atoms with van der Waals surface area (Å²) in [6.07, 6.45) is 0.636. The van der Waals surface area contributed by atoms with Crippen molar-refractivity contribution in [2.24, 2.45) is 11.3 Å². The van der Waals surface area contributed by atoms with Gasteiger partial charge in [-0.2, -0.15) is 0 Å². The lowest BCUT2D eigenvalue weighted by Crippen LogP contribution is -2.28. The monoisotopic (exact) mass is 171 g/mol. The second kappa shape index (κ2) is 4.48. The lowest BCUT2D eigenvalue weighted by molar-refractivity contribution is -0.122. The van der Waals surface area contributed by atoms with Gasteiger partial charge in [0.05, 0.1) is 0 Å². The summed E-state index contributed by atoms with van der Waals surface area (Å²) in [6.45, 7) is 11.3. The van der Waals surface area contributed by atoms with E-state index >= 15 is 0 Å². The number of rotatable bonds is 3. The summed E-state index contributed by atoms with van der Waals surface area (Å²) in [6, 6.07) is 0. The smallest absolute Gasteiger partial charge is 0.220 e. The molecule has 0 heterocycles. The molecule has 0 rings (SSSR count). The van der Waals surface area contributed by atoms with Crippen LogP contribution in [0, 0.1) is 11.3 Å². The molecule has 0 aromatic heterocycles. The Bertz CT molecular complexity index is 146. The van der Waals surface area contributed by atoms with Gasteiger partial charge in [-0.15, -0.1) is 0 Å². The van der Waals surface area contributed by atoms with E-state index in [1.807, 2.05) is 6.92 Å². The van der Waals surface area contributed by atoms with Crippen molar-refractivity contribution in [1.29, 1.82) is 0 Å². The maximum atomic E-state index is 11.2. The largest absolute Gasteiger partial charge is 0.356 e. The highest BCUT2D eigenvalue weighted by molar-refractivity contribution is 5.76. The van der Waals surface area contributed by atoms with E-state index < -0.39 is 0 Å². The molecule has 2 heteroatoms. The van der Waals surface area contributed by atoms with Crippen LogP contribution in [0.15, 0.2) is 0 Å². The van der Waals surface area contributed by atoms with E-state index in [9.17, 15) is 4.79 Å². The first-order chi connectivity index (χ1) is 5.38. The molecule has 0 aliphatic carbocycles. The van der Waals surface area contributed by atoms with Gasteiger partial charge in [0.25, 0.3) is 0 Å². The fraction of sp³-hybridized carbons (Fsp3) is 0.900. The molecule has 1 atom stereocenters. The summed E-state index contributed by atoms with van der Waals surface area (Å²) in [7, 11) is 0. The molecular formula is C10H21NO.